The molecule has 0 saturated carbocycles. The van der Waals surface area contributed by atoms with Gasteiger partial charge >= 0.3 is 5.97 Å². The molecule has 54 valence electrons. The van der Waals surface area contributed by atoms with Gasteiger partial charge in [0.25, 0.3) is 0 Å². The summed E-state index contributed by atoms with van der Waals surface area (Å²) < 4.78 is 71.7. The van der Waals surface area contributed by atoms with Gasteiger partial charge in [0, 0.05) is 12.3 Å². The maximum absolute atomic E-state index is 10.8. The van der Waals surface area contributed by atoms with Gasteiger partial charge in [-0.1, -0.05) is 13.7 Å². The molecule has 0 amide bonds. The lowest BCUT2D eigenvalue weighted by molar-refractivity contribution is -0.138. The van der Waals surface area contributed by atoms with E-state index in [1.165, 1.54) is 0 Å². The van der Waals surface area contributed by atoms with Crippen molar-refractivity contribution in [1.29, 1.82) is 0 Å². The molecule has 0 spiro atoms. The summed E-state index contributed by atoms with van der Waals surface area (Å²) in [5.74, 6) is -6.15. The quantitative estimate of drug-likeness (QED) is 0.599. The van der Waals surface area contributed by atoms with Crippen LogP contribution in [0.3, 0.4) is 0 Å². The lowest BCUT2D eigenvalue weighted by Crippen LogP contribution is -2.31. The second-order valence-electron chi connectivity index (χ2n) is 1.22. The molecule has 0 aromatic heterocycles. The predicted molar refractivity (Wildman–Crippen MR) is 35.1 cm³/mol. The summed E-state index contributed by atoms with van der Waals surface area (Å²) in [6.45, 7) is -7.44. The second kappa shape index (κ2) is 3.45. The van der Waals surface area contributed by atoms with Gasteiger partial charge in [-0.15, -0.1) is 0 Å². The van der Waals surface area contributed by atoms with Crippen molar-refractivity contribution in [2.45, 2.75) is 26.1 Å². The van der Waals surface area contributed by atoms with Crippen LogP contribution >= 0.6 is 0 Å². The monoisotopic (exact) mass is 141 g/mol. The fourth-order valence-corrected chi connectivity index (χ4v) is 0.188. The molecule has 0 aliphatic heterocycles. The Morgan fingerprint density at radius 3 is 3.00 bits per heavy atom. The minimum absolute atomic E-state index is 2.28. The number of carboxylic acid groups (broad SMARTS) is 1. The number of aliphatic carboxylic acids is 1. The van der Waals surface area contributed by atoms with Gasteiger partial charge in [-0.05, 0) is 12.3 Å². The lowest BCUT2D eigenvalue weighted by atomic mass is 10.1. The highest BCUT2D eigenvalue weighted by Gasteiger charge is 2.11. The second-order valence-corrected chi connectivity index (χ2v) is 1.22. The summed E-state index contributed by atoms with van der Waals surface area (Å²) >= 11 is 0. The normalized spacial score (nSPS) is 39.2. The first-order valence-corrected chi connectivity index (χ1v) is 1.97. The van der Waals surface area contributed by atoms with Crippen LogP contribution in [-0.4, -0.2) is 17.1 Å². The van der Waals surface area contributed by atoms with E-state index in [2.05, 4.69) is 0 Å². The van der Waals surface area contributed by atoms with Crippen LogP contribution in [-0.2, 0) is 4.79 Å². The largest absolute Gasteiger partial charge is 0.480 e. The molecule has 3 heteroatoms. The highest BCUT2D eigenvalue weighted by Crippen LogP contribution is 2.01. The van der Waals surface area contributed by atoms with Crippen LogP contribution in [0, 0.1) is 5.89 Å². The molecule has 0 heterocycles. The molecule has 0 rings (SSSR count). The van der Waals surface area contributed by atoms with Gasteiger partial charge in [0.1, 0.15) is 6.02 Å². The van der Waals surface area contributed by atoms with E-state index in [1.807, 2.05) is 0 Å². The van der Waals surface area contributed by atoms with Gasteiger partial charge in [0.15, 0.2) is 0 Å². The van der Waals surface area contributed by atoms with E-state index in [1.54, 1.807) is 0 Å². The standard InChI is InChI=1S/C6H13NO2/c1-4(2)3-5(7)6(8)9/h4-5H,3,7H2,1-2H3,(H,8,9)/t5-/m1/s1/i1D3,2D3,3D2,4D,5D. The average molecular weight is 141 g/mol. The van der Waals surface area contributed by atoms with Gasteiger partial charge in [0.2, 0.25) is 0 Å². The fourth-order valence-electron chi connectivity index (χ4n) is 0.188. The van der Waals surface area contributed by atoms with Crippen molar-refractivity contribution in [3.63, 3.8) is 0 Å². The maximum atomic E-state index is 10.8. The molecule has 0 aliphatic rings. The van der Waals surface area contributed by atoms with E-state index < -0.39 is 38.0 Å². The number of hydrogen-bond acceptors (Lipinski definition) is 2. The maximum Gasteiger partial charge on any atom is 0.320 e. The fraction of sp³-hybridized carbons (Fsp3) is 0.833. The van der Waals surface area contributed by atoms with Crippen LogP contribution in [0.25, 0.3) is 0 Å². The van der Waals surface area contributed by atoms with Crippen molar-refractivity contribution in [1.82, 2.24) is 0 Å². The molecule has 3 N–H and O–H groups in total. The Morgan fingerprint density at radius 2 is 2.67 bits per heavy atom. The number of nitrogens with two attached hydrogens (primary N) is 1. The van der Waals surface area contributed by atoms with E-state index in [0.717, 1.165) is 0 Å². The number of carboxylic acids is 1. The third-order valence-corrected chi connectivity index (χ3v) is 0.490. The highest BCUT2D eigenvalue weighted by atomic mass is 16.4. The van der Waals surface area contributed by atoms with Crippen molar-refractivity contribution in [3.05, 3.63) is 0 Å². The summed E-state index contributed by atoms with van der Waals surface area (Å²) in [7, 11) is 0. The Hall–Kier alpha value is -0.570. The zero-order chi connectivity index (χ0) is 16.1. The van der Waals surface area contributed by atoms with Gasteiger partial charge in [-0.2, -0.15) is 0 Å². The van der Waals surface area contributed by atoms with Gasteiger partial charge in [-0.3, -0.25) is 4.79 Å². The van der Waals surface area contributed by atoms with Crippen molar-refractivity contribution in [2.24, 2.45) is 11.6 Å². The molecule has 0 fully saturated rings. The lowest BCUT2D eigenvalue weighted by Gasteiger charge is -2.07. The molecule has 3 nitrogen and oxygen atoms in total. The van der Waals surface area contributed by atoms with Crippen molar-refractivity contribution < 1.29 is 23.6 Å². The smallest absolute Gasteiger partial charge is 0.320 e. The van der Waals surface area contributed by atoms with Crippen LogP contribution in [0.1, 0.15) is 33.8 Å². The topological polar surface area (TPSA) is 63.3 Å². The first-order valence-electron chi connectivity index (χ1n) is 6.97. The summed E-state index contributed by atoms with van der Waals surface area (Å²) in [5, 5.41) is 8.67. The summed E-state index contributed by atoms with van der Waals surface area (Å²) in [5.41, 5.74) is 4.89. The van der Waals surface area contributed by atoms with E-state index in [0.29, 0.717) is 0 Å². The summed E-state index contributed by atoms with van der Waals surface area (Å²) in [4.78, 5) is 10.8. The van der Waals surface area contributed by atoms with Gasteiger partial charge < -0.3 is 10.8 Å². The molecular formula is C6H13NO2. The molecule has 0 unspecified atom stereocenters. The zero-order valence-corrected chi connectivity index (χ0v) is 4.43. The SMILES string of the molecule is [2H]C([2H])([2H])C([2H])(C([2H])([2H])[2H])C([2H])([2H])[C@@]([2H])(N)C(=O)O. The Morgan fingerprint density at radius 1 is 2.11 bits per heavy atom. The third kappa shape index (κ3) is 3.97. The number of hydrogen-bond donors (Lipinski definition) is 2. The van der Waals surface area contributed by atoms with Crippen LogP contribution in [0.5, 0.6) is 0 Å². The summed E-state index contributed by atoms with van der Waals surface area (Å²) in [6, 6.07) is -3.61. The molecule has 0 bridgehead atoms. The molecule has 0 radical (unpaired) electrons. The Kier molecular flexibility index (Phi) is 0.588. The minimum Gasteiger partial charge on any atom is -0.480 e. The predicted octanol–water partition coefficient (Wildman–Crippen LogP) is 0.444. The molecular weight excluding hydrogens is 118 g/mol. The Labute approximate surface area is 68.9 Å². The number of rotatable bonds is 3. The molecule has 0 aliphatic carbocycles. The van der Waals surface area contributed by atoms with Crippen molar-refractivity contribution >= 4 is 5.97 Å². The van der Waals surface area contributed by atoms with Gasteiger partial charge in [-0.25, -0.2) is 0 Å². The number of carbonyl (C=O) groups is 1. The molecule has 0 aromatic carbocycles. The minimum atomic E-state index is -3.87. The average Bonchev–Trinajstić information content (AvgIpc) is 2.11. The van der Waals surface area contributed by atoms with E-state index >= 15 is 0 Å². The highest BCUT2D eigenvalue weighted by molar-refractivity contribution is 5.72. The van der Waals surface area contributed by atoms with Crippen LogP contribution in [0.15, 0.2) is 0 Å². The first kappa shape index (κ1) is 1.53. The van der Waals surface area contributed by atoms with E-state index in [-0.39, 0.29) is 0 Å². The molecule has 1 atom stereocenters. The third-order valence-electron chi connectivity index (χ3n) is 0.490. The van der Waals surface area contributed by atoms with Crippen molar-refractivity contribution in [3.8, 4) is 0 Å². The Bertz CT molecular complexity index is 355. The molecule has 0 aromatic rings. The first-order chi connectivity index (χ1) is 7.94. The van der Waals surface area contributed by atoms with Crippen LogP contribution in [0.4, 0.5) is 0 Å². The van der Waals surface area contributed by atoms with Crippen LogP contribution in [0.2, 0.25) is 0 Å². The summed E-state index contributed by atoms with van der Waals surface area (Å²) in [6.07, 6.45) is -3.87. The molecule has 0 saturated heterocycles. The van der Waals surface area contributed by atoms with Gasteiger partial charge in [0.05, 0.1) is 1.37 Å². The van der Waals surface area contributed by atoms with E-state index in [4.69, 9.17) is 24.5 Å². The molecule has 9 heavy (non-hydrogen) atoms. The van der Waals surface area contributed by atoms with E-state index in [9.17, 15) is 4.79 Å². The van der Waals surface area contributed by atoms with Crippen molar-refractivity contribution in [2.75, 3.05) is 0 Å². The Balaban J connectivity index is 6.29. The van der Waals surface area contributed by atoms with Crippen LogP contribution < -0.4 is 5.73 Å². The zero-order valence-electron chi connectivity index (χ0n) is 14.4.